The van der Waals surface area contributed by atoms with Crippen LogP contribution in [0.25, 0.3) is 0 Å². The number of hydrogen-bond acceptors (Lipinski definition) is 4. The summed E-state index contributed by atoms with van der Waals surface area (Å²) in [5.74, 6) is 0. The van der Waals surface area contributed by atoms with Crippen molar-refractivity contribution >= 4 is 12.6 Å². The normalized spacial score (nSPS) is 12.3. The molecule has 0 aromatic heterocycles. The summed E-state index contributed by atoms with van der Waals surface area (Å²) in [7, 11) is 2.00. The first-order chi connectivity index (χ1) is 7.07. The minimum Gasteiger partial charge on any atom is -0.423 e. The van der Waals surface area contributed by atoms with E-state index in [9.17, 15) is 0 Å². The monoisotopic (exact) mass is 204 g/mol. The fourth-order valence-electron chi connectivity index (χ4n) is 1.46. The highest BCUT2D eigenvalue weighted by Gasteiger charge is 2.22. The molecule has 0 saturated carbocycles. The number of benzene rings is 1. The summed E-state index contributed by atoms with van der Waals surface area (Å²) in [6, 6.07) is 8.46. The van der Waals surface area contributed by atoms with E-state index < -0.39 is 13.2 Å². The van der Waals surface area contributed by atoms with Gasteiger partial charge >= 0.3 is 7.12 Å². The van der Waals surface area contributed by atoms with Gasteiger partial charge in [0.25, 0.3) is 0 Å². The van der Waals surface area contributed by atoms with E-state index >= 15 is 0 Å². The van der Waals surface area contributed by atoms with Gasteiger partial charge in [-0.3, -0.25) is 4.90 Å². The van der Waals surface area contributed by atoms with Crippen molar-refractivity contribution < 1.29 is 10.0 Å². The highest BCUT2D eigenvalue weighted by Crippen LogP contribution is 2.14. The summed E-state index contributed by atoms with van der Waals surface area (Å²) in [5, 5.41) is 27.3. The fraction of sp³-hybridized carbons (Fsp3) is 0.300. The molecule has 5 heteroatoms. The van der Waals surface area contributed by atoms with Crippen molar-refractivity contribution in [3.05, 3.63) is 29.8 Å². The van der Waals surface area contributed by atoms with Gasteiger partial charge < -0.3 is 10.0 Å². The fourth-order valence-corrected chi connectivity index (χ4v) is 1.46. The van der Waals surface area contributed by atoms with E-state index in [0.29, 0.717) is 11.0 Å². The maximum atomic E-state index is 9.16. The summed E-state index contributed by atoms with van der Waals surface area (Å²) in [4.78, 5) is 1.72. The molecule has 0 aliphatic carbocycles. The Morgan fingerprint density at radius 3 is 2.40 bits per heavy atom. The van der Waals surface area contributed by atoms with Gasteiger partial charge in [0.2, 0.25) is 0 Å². The van der Waals surface area contributed by atoms with Gasteiger partial charge in [0.15, 0.2) is 0 Å². The van der Waals surface area contributed by atoms with Crippen molar-refractivity contribution in [1.82, 2.24) is 4.90 Å². The molecule has 78 valence electrons. The molecule has 0 aliphatic heterocycles. The van der Waals surface area contributed by atoms with E-state index in [2.05, 4.69) is 6.07 Å². The summed E-state index contributed by atoms with van der Waals surface area (Å²) in [6.45, 7) is 0. The highest BCUT2D eigenvalue weighted by molar-refractivity contribution is 6.59. The van der Waals surface area contributed by atoms with Crippen LogP contribution in [0.5, 0.6) is 0 Å². The molecule has 1 rings (SSSR count). The zero-order valence-electron chi connectivity index (χ0n) is 8.75. The van der Waals surface area contributed by atoms with Gasteiger partial charge in [0.1, 0.15) is 6.04 Å². The first-order valence-electron chi connectivity index (χ1n) is 4.59. The van der Waals surface area contributed by atoms with Crippen molar-refractivity contribution in [3.63, 3.8) is 0 Å². The van der Waals surface area contributed by atoms with Crippen LogP contribution in [0.15, 0.2) is 24.3 Å². The molecule has 1 unspecified atom stereocenters. The molecular formula is C10H13BN2O2. The van der Waals surface area contributed by atoms with Gasteiger partial charge in [-0.05, 0) is 25.1 Å². The average molecular weight is 204 g/mol. The van der Waals surface area contributed by atoms with E-state index in [1.165, 1.54) is 0 Å². The van der Waals surface area contributed by atoms with Crippen LogP contribution in [-0.4, -0.2) is 36.2 Å². The van der Waals surface area contributed by atoms with Gasteiger partial charge in [-0.1, -0.05) is 24.3 Å². The SMILES string of the molecule is CN(C)C(C#N)c1ccccc1B(O)O. The number of nitrogens with zero attached hydrogens (tertiary/aromatic N) is 2. The topological polar surface area (TPSA) is 67.5 Å². The van der Waals surface area contributed by atoms with E-state index in [4.69, 9.17) is 15.3 Å². The summed E-state index contributed by atoms with van der Waals surface area (Å²) in [5.41, 5.74) is 0.998. The Morgan fingerprint density at radius 2 is 1.93 bits per heavy atom. The molecule has 15 heavy (non-hydrogen) atoms. The first kappa shape index (κ1) is 11.7. The number of rotatable bonds is 3. The second-order valence-corrected chi connectivity index (χ2v) is 3.50. The lowest BCUT2D eigenvalue weighted by molar-refractivity contribution is 0.358. The van der Waals surface area contributed by atoms with E-state index in [0.717, 1.165) is 0 Å². The third kappa shape index (κ3) is 2.57. The van der Waals surface area contributed by atoms with Crippen LogP contribution in [0.1, 0.15) is 11.6 Å². The van der Waals surface area contributed by atoms with Crippen LogP contribution < -0.4 is 5.46 Å². The first-order valence-corrected chi connectivity index (χ1v) is 4.59. The molecule has 0 heterocycles. The van der Waals surface area contributed by atoms with Gasteiger partial charge in [-0.25, -0.2) is 0 Å². The van der Waals surface area contributed by atoms with E-state index in [1.54, 1.807) is 43.3 Å². The Kier molecular flexibility index (Phi) is 3.86. The van der Waals surface area contributed by atoms with Crippen LogP contribution in [0.3, 0.4) is 0 Å². The van der Waals surface area contributed by atoms with Gasteiger partial charge in [-0.15, -0.1) is 0 Å². The lowest BCUT2D eigenvalue weighted by atomic mass is 9.75. The Labute approximate surface area is 89.5 Å². The molecule has 0 saturated heterocycles. The lowest BCUT2D eigenvalue weighted by Crippen LogP contribution is -2.36. The molecule has 4 nitrogen and oxygen atoms in total. The predicted molar refractivity (Wildman–Crippen MR) is 58.3 cm³/mol. The maximum Gasteiger partial charge on any atom is 0.488 e. The second kappa shape index (κ2) is 4.94. The third-order valence-corrected chi connectivity index (χ3v) is 2.21. The minimum absolute atomic E-state index is 0.373. The van der Waals surface area contributed by atoms with Gasteiger partial charge in [0.05, 0.1) is 6.07 Å². The molecule has 0 radical (unpaired) electrons. The Morgan fingerprint density at radius 1 is 1.33 bits per heavy atom. The molecule has 1 aromatic rings. The van der Waals surface area contributed by atoms with E-state index in [1.807, 2.05) is 0 Å². The van der Waals surface area contributed by atoms with Crippen LogP contribution in [0, 0.1) is 11.3 Å². The summed E-state index contributed by atoms with van der Waals surface area (Å²) < 4.78 is 0. The molecule has 2 N–H and O–H groups in total. The lowest BCUT2D eigenvalue weighted by Gasteiger charge is -2.20. The van der Waals surface area contributed by atoms with Crippen LogP contribution >= 0.6 is 0 Å². The van der Waals surface area contributed by atoms with Gasteiger partial charge in [-0.2, -0.15) is 5.26 Å². The molecule has 0 fully saturated rings. The van der Waals surface area contributed by atoms with Crippen LogP contribution in [0.4, 0.5) is 0 Å². The average Bonchev–Trinajstić information content (AvgIpc) is 2.18. The zero-order chi connectivity index (χ0) is 11.4. The van der Waals surface area contributed by atoms with Crippen molar-refractivity contribution in [2.75, 3.05) is 14.1 Å². The van der Waals surface area contributed by atoms with E-state index in [-0.39, 0.29) is 0 Å². The second-order valence-electron chi connectivity index (χ2n) is 3.50. The van der Waals surface area contributed by atoms with Crippen molar-refractivity contribution in [2.45, 2.75) is 6.04 Å². The van der Waals surface area contributed by atoms with Crippen molar-refractivity contribution in [1.29, 1.82) is 5.26 Å². The van der Waals surface area contributed by atoms with Crippen molar-refractivity contribution in [2.24, 2.45) is 0 Å². The molecule has 0 spiro atoms. The Hall–Kier alpha value is -1.35. The standard InChI is InChI=1S/C10H13BN2O2/c1-13(2)10(7-12)8-5-3-4-6-9(8)11(14)15/h3-6,10,14-15H,1-2H3. The maximum absolute atomic E-state index is 9.16. The predicted octanol–water partition coefficient (Wildman–Crippen LogP) is -0.507. The summed E-state index contributed by atoms with van der Waals surface area (Å²) in [6.07, 6.45) is 0. The van der Waals surface area contributed by atoms with Crippen molar-refractivity contribution in [3.8, 4) is 6.07 Å². The Balaban J connectivity index is 3.18. The molecule has 0 amide bonds. The largest absolute Gasteiger partial charge is 0.488 e. The number of hydrogen-bond donors (Lipinski definition) is 2. The highest BCUT2D eigenvalue weighted by atomic mass is 16.4. The molecule has 1 atom stereocenters. The Bertz CT molecular complexity index is 374. The minimum atomic E-state index is -1.54. The molecule has 0 bridgehead atoms. The summed E-state index contributed by atoms with van der Waals surface area (Å²) >= 11 is 0. The van der Waals surface area contributed by atoms with Crippen LogP contribution in [0.2, 0.25) is 0 Å². The molecule has 0 aliphatic rings. The zero-order valence-corrected chi connectivity index (χ0v) is 8.75. The van der Waals surface area contributed by atoms with Crippen LogP contribution in [-0.2, 0) is 0 Å². The quantitative estimate of drug-likeness (QED) is 0.651. The molecule has 1 aromatic carbocycles. The third-order valence-electron chi connectivity index (χ3n) is 2.21. The van der Waals surface area contributed by atoms with Gasteiger partial charge in [0, 0.05) is 0 Å². The molecular weight excluding hydrogens is 191 g/mol. The smallest absolute Gasteiger partial charge is 0.423 e. The number of nitriles is 1.